The van der Waals surface area contributed by atoms with Gasteiger partial charge in [-0.15, -0.1) is 0 Å². The Kier molecular flexibility index (Phi) is 3.69. The Hall–Kier alpha value is -1.06. The number of hydrogen-bond donors (Lipinski definition) is 1. The molecule has 17 heavy (non-hydrogen) atoms. The summed E-state index contributed by atoms with van der Waals surface area (Å²) < 4.78 is 0. The third kappa shape index (κ3) is 2.99. The number of hydrogen-bond acceptors (Lipinski definition) is 2. The van der Waals surface area contributed by atoms with Crippen molar-refractivity contribution in [3.63, 3.8) is 0 Å². The molecule has 0 radical (unpaired) electrons. The Labute approximate surface area is 107 Å². The summed E-state index contributed by atoms with van der Waals surface area (Å²) >= 11 is 5.94. The number of nitrogens with zero attached hydrogens (tertiary/aromatic N) is 1. The molecule has 1 atom stereocenters. The molecule has 1 aromatic rings. The van der Waals surface area contributed by atoms with Crippen molar-refractivity contribution in [2.24, 2.45) is 0 Å². The van der Waals surface area contributed by atoms with Gasteiger partial charge in [0.2, 0.25) is 5.91 Å². The molecule has 0 aliphatic carbocycles. The number of benzene rings is 1. The third-order valence-corrected chi connectivity index (χ3v) is 3.05. The fourth-order valence-electron chi connectivity index (χ4n) is 2.18. The zero-order chi connectivity index (χ0) is 12.4. The fourth-order valence-corrected chi connectivity index (χ4v) is 2.37. The molecule has 3 nitrogen and oxygen atoms in total. The number of carbonyl (C=O) groups is 1. The van der Waals surface area contributed by atoms with Crippen molar-refractivity contribution >= 4 is 23.2 Å². The second-order valence-electron chi connectivity index (χ2n) is 4.71. The molecular formula is C13H17ClN2O. The number of nitrogens with one attached hydrogen (secondary N) is 1. The SMILES string of the molecule is CC(C)N[C@H]1CC(=O)N(c2cccc(Cl)c2)C1. The van der Waals surface area contributed by atoms with Gasteiger partial charge in [0.05, 0.1) is 0 Å². The molecule has 0 bridgehead atoms. The smallest absolute Gasteiger partial charge is 0.228 e. The molecule has 1 aliphatic rings. The van der Waals surface area contributed by atoms with Crippen molar-refractivity contribution in [3.8, 4) is 0 Å². The zero-order valence-corrected chi connectivity index (χ0v) is 10.9. The summed E-state index contributed by atoms with van der Waals surface area (Å²) in [6.45, 7) is 4.90. The highest BCUT2D eigenvalue weighted by Crippen LogP contribution is 2.24. The molecule has 1 aromatic carbocycles. The summed E-state index contributed by atoms with van der Waals surface area (Å²) in [7, 11) is 0. The Morgan fingerprint density at radius 2 is 2.24 bits per heavy atom. The molecule has 1 amide bonds. The molecule has 1 saturated heterocycles. The Bertz CT molecular complexity index is 420. The van der Waals surface area contributed by atoms with Crippen LogP contribution in [0.2, 0.25) is 5.02 Å². The predicted octanol–water partition coefficient (Wildman–Crippen LogP) is 2.44. The second kappa shape index (κ2) is 5.07. The van der Waals surface area contributed by atoms with E-state index in [1.165, 1.54) is 0 Å². The van der Waals surface area contributed by atoms with Gasteiger partial charge in [-0.05, 0) is 18.2 Å². The van der Waals surface area contributed by atoms with Gasteiger partial charge in [-0.3, -0.25) is 4.79 Å². The van der Waals surface area contributed by atoms with Crippen molar-refractivity contribution in [1.29, 1.82) is 0 Å². The molecule has 1 aliphatic heterocycles. The van der Waals surface area contributed by atoms with Crippen molar-refractivity contribution < 1.29 is 4.79 Å². The van der Waals surface area contributed by atoms with Crippen LogP contribution in [0.3, 0.4) is 0 Å². The van der Waals surface area contributed by atoms with Crippen LogP contribution in [0, 0.1) is 0 Å². The first-order chi connectivity index (χ1) is 8.06. The van der Waals surface area contributed by atoms with Gasteiger partial charge >= 0.3 is 0 Å². The normalized spacial score (nSPS) is 20.4. The fraction of sp³-hybridized carbons (Fsp3) is 0.462. The topological polar surface area (TPSA) is 32.3 Å². The number of rotatable bonds is 3. The van der Waals surface area contributed by atoms with Gasteiger partial charge in [-0.25, -0.2) is 0 Å². The Balaban J connectivity index is 2.10. The van der Waals surface area contributed by atoms with Crippen LogP contribution < -0.4 is 10.2 Å². The van der Waals surface area contributed by atoms with Crippen LogP contribution in [0.5, 0.6) is 0 Å². The molecule has 0 unspecified atom stereocenters. The molecule has 1 heterocycles. The molecule has 0 saturated carbocycles. The molecule has 92 valence electrons. The van der Waals surface area contributed by atoms with Crippen molar-refractivity contribution in [2.45, 2.75) is 32.4 Å². The van der Waals surface area contributed by atoms with E-state index in [9.17, 15) is 4.79 Å². The molecule has 0 spiro atoms. The van der Waals surface area contributed by atoms with E-state index >= 15 is 0 Å². The summed E-state index contributed by atoms with van der Waals surface area (Å²) in [4.78, 5) is 13.7. The highest BCUT2D eigenvalue weighted by atomic mass is 35.5. The van der Waals surface area contributed by atoms with Gasteiger partial charge in [-0.1, -0.05) is 31.5 Å². The first-order valence-electron chi connectivity index (χ1n) is 5.88. The lowest BCUT2D eigenvalue weighted by atomic mass is 10.2. The van der Waals surface area contributed by atoms with E-state index in [1.54, 1.807) is 4.90 Å². The van der Waals surface area contributed by atoms with Crippen molar-refractivity contribution in [2.75, 3.05) is 11.4 Å². The summed E-state index contributed by atoms with van der Waals surface area (Å²) in [6.07, 6.45) is 0.560. The van der Waals surface area contributed by atoms with Crippen LogP contribution in [-0.2, 0) is 4.79 Å². The van der Waals surface area contributed by atoms with Crippen LogP contribution >= 0.6 is 11.6 Å². The highest BCUT2D eigenvalue weighted by molar-refractivity contribution is 6.30. The van der Waals surface area contributed by atoms with Crippen molar-refractivity contribution in [1.82, 2.24) is 5.32 Å². The average molecular weight is 253 g/mol. The second-order valence-corrected chi connectivity index (χ2v) is 5.14. The maximum atomic E-state index is 11.9. The van der Waals surface area contributed by atoms with Crippen LogP contribution in [0.15, 0.2) is 24.3 Å². The Morgan fingerprint density at radius 3 is 2.88 bits per heavy atom. The van der Waals surface area contributed by atoms with Gasteiger partial charge in [0.15, 0.2) is 0 Å². The number of amides is 1. The van der Waals surface area contributed by atoms with E-state index in [-0.39, 0.29) is 11.9 Å². The summed E-state index contributed by atoms with van der Waals surface area (Å²) in [5, 5.41) is 4.05. The molecule has 0 aromatic heterocycles. The van der Waals surface area contributed by atoms with Gasteiger partial charge in [0.25, 0.3) is 0 Å². The van der Waals surface area contributed by atoms with Gasteiger partial charge in [0.1, 0.15) is 0 Å². The molecule has 1 fully saturated rings. The quantitative estimate of drug-likeness (QED) is 0.896. The molecular weight excluding hydrogens is 236 g/mol. The van der Waals surface area contributed by atoms with Crippen molar-refractivity contribution in [3.05, 3.63) is 29.3 Å². The van der Waals surface area contributed by atoms with E-state index in [0.29, 0.717) is 17.5 Å². The average Bonchev–Trinajstić information content (AvgIpc) is 2.58. The highest BCUT2D eigenvalue weighted by Gasteiger charge is 2.30. The zero-order valence-electron chi connectivity index (χ0n) is 10.1. The van der Waals surface area contributed by atoms with E-state index < -0.39 is 0 Å². The lowest BCUT2D eigenvalue weighted by Crippen LogP contribution is -2.37. The minimum Gasteiger partial charge on any atom is -0.311 e. The monoisotopic (exact) mass is 252 g/mol. The first kappa shape index (κ1) is 12.4. The van der Waals surface area contributed by atoms with Crippen LogP contribution in [0.1, 0.15) is 20.3 Å². The molecule has 1 N–H and O–H groups in total. The molecule has 4 heteroatoms. The lowest BCUT2D eigenvalue weighted by Gasteiger charge is -2.18. The maximum Gasteiger partial charge on any atom is 0.228 e. The summed E-state index contributed by atoms with van der Waals surface area (Å²) in [6, 6.07) is 8.07. The van der Waals surface area contributed by atoms with Gasteiger partial charge < -0.3 is 10.2 Å². The minimum absolute atomic E-state index is 0.158. The first-order valence-corrected chi connectivity index (χ1v) is 6.26. The van der Waals surface area contributed by atoms with Gasteiger partial charge in [0, 0.05) is 35.8 Å². The lowest BCUT2D eigenvalue weighted by molar-refractivity contribution is -0.117. The standard InChI is InChI=1S/C13H17ClN2O/c1-9(2)15-11-7-13(17)16(8-11)12-5-3-4-10(14)6-12/h3-6,9,11,15H,7-8H2,1-2H3/t11-/m0/s1. The largest absolute Gasteiger partial charge is 0.311 e. The van der Waals surface area contributed by atoms with E-state index in [1.807, 2.05) is 24.3 Å². The maximum absolute atomic E-state index is 11.9. The van der Waals surface area contributed by atoms with E-state index in [4.69, 9.17) is 11.6 Å². The predicted molar refractivity (Wildman–Crippen MR) is 70.5 cm³/mol. The van der Waals surface area contributed by atoms with E-state index in [2.05, 4.69) is 19.2 Å². The minimum atomic E-state index is 0.158. The number of anilines is 1. The third-order valence-electron chi connectivity index (χ3n) is 2.81. The number of carbonyl (C=O) groups excluding carboxylic acids is 1. The van der Waals surface area contributed by atoms with Gasteiger partial charge in [-0.2, -0.15) is 0 Å². The molecule has 2 rings (SSSR count). The van der Waals surface area contributed by atoms with Crippen LogP contribution in [0.4, 0.5) is 5.69 Å². The Morgan fingerprint density at radius 1 is 1.47 bits per heavy atom. The van der Waals surface area contributed by atoms with Crippen LogP contribution in [0.25, 0.3) is 0 Å². The summed E-state index contributed by atoms with van der Waals surface area (Å²) in [5.74, 6) is 0.158. The number of halogens is 1. The van der Waals surface area contributed by atoms with Crippen LogP contribution in [-0.4, -0.2) is 24.5 Å². The van der Waals surface area contributed by atoms with E-state index in [0.717, 1.165) is 12.2 Å². The summed E-state index contributed by atoms with van der Waals surface area (Å²) in [5.41, 5.74) is 0.885.